The van der Waals surface area contributed by atoms with Gasteiger partial charge >= 0.3 is 0 Å². The highest BCUT2D eigenvalue weighted by atomic mass is 15.2. The van der Waals surface area contributed by atoms with Crippen molar-refractivity contribution < 1.29 is 0 Å². The first-order valence-corrected chi connectivity index (χ1v) is 13.2. The van der Waals surface area contributed by atoms with E-state index in [-0.39, 0.29) is 0 Å². The van der Waals surface area contributed by atoms with Crippen molar-refractivity contribution in [3.63, 3.8) is 0 Å². The smallest absolute Gasteiger partial charge is 0.0110 e. The molecule has 200 valence electrons. The minimum Gasteiger partial charge on any atom is -0.329 e. The van der Waals surface area contributed by atoms with Crippen LogP contribution in [0.15, 0.2) is 0 Å². The molecule has 0 fully saturated rings. The van der Waals surface area contributed by atoms with Crippen LogP contribution in [-0.2, 0) is 0 Å². The fourth-order valence-electron chi connectivity index (χ4n) is 3.75. The van der Waals surface area contributed by atoms with Gasteiger partial charge in [0, 0.05) is 118 Å². The van der Waals surface area contributed by atoms with Gasteiger partial charge in [0.25, 0.3) is 0 Å². The highest BCUT2D eigenvalue weighted by Gasteiger charge is 2.11. The van der Waals surface area contributed by atoms with E-state index in [1.54, 1.807) is 0 Å². The molecule has 0 aliphatic carbocycles. The Morgan fingerprint density at radius 1 is 0.485 bits per heavy atom. The average Bonchev–Trinajstić information content (AvgIpc) is 2.80. The predicted molar refractivity (Wildman–Crippen MR) is 144 cm³/mol. The molecule has 0 aliphatic rings. The molecule has 10 nitrogen and oxygen atoms in total. The SMILES string of the molecule is CCCCN(CCN(CCN)CCN)CCN(CCNCCN)CCNCCN(C)CCN. The fraction of sp³-hybridized carbons (Fsp3) is 1.00. The lowest BCUT2D eigenvalue weighted by Crippen LogP contribution is -2.45. The monoisotopic (exact) mass is 474 g/mol. The van der Waals surface area contributed by atoms with E-state index in [2.05, 4.69) is 44.2 Å². The lowest BCUT2D eigenvalue weighted by Gasteiger charge is -2.30. The Morgan fingerprint density at radius 2 is 0.939 bits per heavy atom. The molecule has 0 aromatic heterocycles. The number of nitrogens with two attached hydrogens (primary N) is 4. The summed E-state index contributed by atoms with van der Waals surface area (Å²) in [5.74, 6) is 0. The van der Waals surface area contributed by atoms with Crippen molar-refractivity contribution in [2.24, 2.45) is 22.9 Å². The highest BCUT2D eigenvalue weighted by molar-refractivity contribution is 4.69. The van der Waals surface area contributed by atoms with E-state index in [9.17, 15) is 0 Å². The van der Waals surface area contributed by atoms with Gasteiger partial charge in [-0.3, -0.25) is 9.80 Å². The Labute approximate surface area is 204 Å². The van der Waals surface area contributed by atoms with Gasteiger partial charge in [0.1, 0.15) is 0 Å². The summed E-state index contributed by atoms with van der Waals surface area (Å²) in [6.45, 7) is 20.2. The lowest BCUT2D eigenvalue weighted by atomic mass is 10.3. The maximum atomic E-state index is 5.78. The van der Waals surface area contributed by atoms with Crippen molar-refractivity contribution in [2.75, 3.05) is 131 Å². The molecule has 0 aromatic rings. The maximum absolute atomic E-state index is 5.78. The molecule has 0 bridgehead atoms. The molecule has 10 heteroatoms. The summed E-state index contributed by atoms with van der Waals surface area (Å²) in [6.07, 6.45) is 2.46. The van der Waals surface area contributed by atoms with Crippen LogP contribution in [0.4, 0.5) is 0 Å². The molecule has 0 spiro atoms. The molecule has 0 rings (SSSR count). The fourth-order valence-corrected chi connectivity index (χ4v) is 3.75. The first kappa shape index (κ1) is 32.6. The summed E-state index contributed by atoms with van der Waals surface area (Å²) >= 11 is 0. The second kappa shape index (κ2) is 24.7. The van der Waals surface area contributed by atoms with Gasteiger partial charge in [-0.1, -0.05) is 13.3 Å². The van der Waals surface area contributed by atoms with Crippen LogP contribution >= 0.6 is 0 Å². The standard InChI is InChI=1S/C23H58N10/c1-3-4-13-31(20-22-32(15-7-26)16-8-27)21-23-33(18-11-28-9-5-24)19-12-29-10-17-30(2)14-6-25/h28-29H,3-27H2,1-2H3. The van der Waals surface area contributed by atoms with Crippen molar-refractivity contribution >= 4 is 0 Å². The molecule has 0 saturated carbocycles. The van der Waals surface area contributed by atoms with Gasteiger partial charge in [-0.05, 0) is 20.0 Å². The highest BCUT2D eigenvalue weighted by Crippen LogP contribution is 1.99. The molecule has 0 heterocycles. The van der Waals surface area contributed by atoms with Crippen LogP contribution in [0.2, 0.25) is 0 Å². The van der Waals surface area contributed by atoms with Crippen LogP contribution in [0.25, 0.3) is 0 Å². The third kappa shape index (κ3) is 20.7. The van der Waals surface area contributed by atoms with E-state index in [1.165, 1.54) is 12.8 Å². The average molecular weight is 475 g/mol. The van der Waals surface area contributed by atoms with Crippen LogP contribution in [0.1, 0.15) is 19.8 Å². The predicted octanol–water partition coefficient (Wildman–Crippen LogP) is -2.36. The molecule has 0 unspecified atom stereocenters. The number of nitrogens with one attached hydrogen (secondary N) is 2. The molecular formula is C23H58N10. The second-order valence-corrected chi connectivity index (χ2v) is 8.84. The van der Waals surface area contributed by atoms with E-state index in [4.69, 9.17) is 22.9 Å². The van der Waals surface area contributed by atoms with E-state index < -0.39 is 0 Å². The Hall–Kier alpha value is -0.400. The number of unbranched alkanes of at least 4 members (excludes halogenated alkanes) is 1. The van der Waals surface area contributed by atoms with Gasteiger partial charge in [-0.15, -0.1) is 0 Å². The zero-order chi connectivity index (χ0) is 24.6. The van der Waals surface area contributed by atoms with Crippen LogP contribution in [0, 0.1) is 0 Å². The molecule has 0 saturated heterocycles. The third-order valence-corrected chi connectivity index (χ3v) is 5.90. The van der Waals surface area contributed by atoms with Crippen LogP contribution < -0.4 is 33.6 Å². The Morgan fingerprint density at radius 3 is 1.42 bits per heavy atom. The summed E-state index contributed by atoms with van der Waals surface area (Å²) in [5, 5.41) is 7.03. The minimum absolute atomic E-state index is 0.685. The number of rotatable bonds is 26. The number of hydrogen-bond donors (Lipinski definition) is 6. The molecular weight excluding hydrogens is 416 g/mol. The quantitative estimate of drug-likeness (QED) is 0.0754. The maximum Gasteiger partial charge on any atom is 0.0110 e. The van der Waals surface area contributed by atoms with Crippen molar-refractivity contribution in [1.29, 1.82) is 0 Å². The molecule has 0 aromatic carbocycles. The number of likely N-dealkylation sites (N-methyl/N-ethyl adjacent to an activating group) is 1. The summed E-state index contributed by atoms with van der Waals surface area (Å²) < 4.78 is 0. The molecule has 0 atom stereocenters. The van der Waals surface area contributed by atoms with E-state index in [0.717, 1.165) is 98.2 Å². The van der Waals surface area contributed by atoms with Crippen molar-refractivity contribution in [3.05, 3.63) is 0 Å². The molecule has 10 N–H and O–H groups in total. The summed E-state index contributed by atoms with van der Waals surface area (Å²) in [6, 6.07) is 0. The Balaban J connectivity index is 4.56. The molecule has 0 amide bonds. The third-order valence-electron chi connectivity index (χ3n) is 5.90. The van der Waals surface area contributed by atoms with Crippen LogP contribution in [0.5, 0.6) is 0 Å². The number of nitrogens with zero attached hydrogens (tertiary/aromatic N) is 4. The second-order valence-electron chi connectivity index (χ2n) is 8.84. The van der Waals surface area contributed by atoms with Crippen molar-refractivity contribution in [1.82, 2.24) is 30.2 Å². The summed E-state index contributed by atoms with van der Waals surface area (Å²) in [5.41, 5.74) is 22.8. The normalized spacial score (nSPS) is 12.2. The van der Waals surface area contributed by atoms with Gasteiger partial charge in [0.05, 0.1) is 0 Å². The molecule has 0 radical (unpaired) electrons. The summed E-state index contributed by atoms with van der Waals surface area (Å²) in [4.78, 5) is 9.83. The van der Waals surface area contributed by atoms with E-state index >= 15 is 0 Å². The van der Waals surface area contributed by atoms with E-state index in [0.29, 0.717) is 26.2 Å². The van der Waals surface area contributed by atoms with Gasteiger partial charge in [-0.2, -0.15) is 0 Å². The minimum atomic E-state index is 0.685. The van der Waals surface area contributed by atoms with E-state index in [1.807, 2.05) is 0 Å². The Kier molecular flexibility index (Phi) is 24.4. The molecule has 0 aliphatic heterocycles. The zero-order valence-electron chi connectivity index (χ0n) is 21.9. The van der Waals surface area contributed by atoms with Crippen molar-refractivity contribution in [2.45, 2.75) is 19.8 Å². The van der Waals surface area contributed by atoms with Crippen LogP contribution in [0.3, 0.4) is 0 Å². The summed E-state index contributed by atoms with van der Waals surface area (Å²) in [7, 11) is 2.12. The zero-order valence-corrected chi connectivity index (χ0v) is 21.9. The van der Waals surface area contributed by atoms with Gasteiger partial charge in [0.2, 0.25) is 0 Å². The first-order valence-electron chi connectivity index (χ1n) is 13.2. The number of hydrogen-bond acceptors (Lipinski definition) is 10. The molecule has 33 heavy (non-hydrogen) atoms. The topological polar surface area (TPSA) is 141 Å². The van der Waals surface area contributed by atoms with Gasteiger partial charge in [0.15, 0.2) is 0 Å². The van der Waals surface area contributed by atoms with Crippen molar-refractivity contribution in [3.8, 4) is 0 Å². The van der Waals surface area contributed by atoms with Gasteiger partial charge < -0.3 is 43.4 Å². The largest absolute Gasteiger partial charge is 0.329 e. The van der Waals surface area contributed by atoms with Gasteiger partial charge in [-0.25, -0.2) is 0 Å². The lowest BCUT2D eigenvalue weighted by molar-refractivity contribution is 0.176. The van der Waals surface area contributed by atoms with Crippen LogP contribution in [-0.4, -0.2) is 151 Å². The first-order chi connectivity index (χ1) is 16.1. The Bertz CT molecular complexity index is 382.